The van der Waals surface area contributed by atoms with Gasteiger partial charge in [-0.2, -0.15) is 0 Å². The Morgan fingerprint density at radius 2 is 2.26 bits per heavy atom. The molecule has 1 fully saturated rings. The van der Waals surface area contributed by atoms with Crippen molar-refractivity contribution in [1.29, 1.82) is 0 Å². The van der Waals surface area contributed by atoms with Crippen LogP contribution in [0.1, 0.15) is 37.3 Å². The first-order valence-electron chi connectivity index (χ1n) is 7.22. The molecule has 1 saturated carbocycles. The molecular formula is C16H20ClNO. The summed E-state index contributed by atoms with van der Waals surface area (Å²) in [5, 5.41) is 0.158. The molecule has 2 nitrogen and oxygen atoms in total. The molecular weight excluding hydrogens is 258 g/mol. The number of halogens is 1. The van der Waals surface area contributed by atoms with Crippen molar-refractivity contribution < 1.29 is 4.79 Å². The molecule has 3 rings (SSSR count). The lowest BCUT2D eigenvalue weighted by Crippen LogP contribution is -2.36. The maximum atomic E-state index is 12.3. The first-order valence-corrected chi connectivity index (χ1v) is 7.66. The summed E-state index contributed by atoms with van der Waals surface area (Å²) in [5.41, 5.74) is 3.73. The molecule has 1 heterocycles. The van der Waals surface area contributed by atoms with Gasteiger partial charge in [0.05, 0.1) is 0 Å². The molecule has 1 atom stereocenters. The third-order valence-corrected chi connectivity index (χ3v) is 4.13. The summed E-state index contributed by atoms with van der Waals surface area (Å²) in [6, 6.07) is 6.47. The predicted molar refractivity (Wildman–Crippen MR) is 78.9 cm³/mol. The Morgan fingerprint density at radius 3 is 2.95 bits per heavy atom. The minimum absolute atomic E-state index is 0.158. The van der Waals surface area contributed by atoms with E-state index >= 15 is 0 Å². The number of hydrogen-bond acceptors (Lipinski definition) is 1. The van der Waals surface area contributed by atoms with Gasteiger partial charge in [0.25, 0.3) is 0 Å². The van der Waals surface area contributed by atoms with Crippen molar-refractivity contribution in [2.75, 3.05) is 11.4 Å². The topological polar surface area (TPSA) is 20.3 Å². The summed E-state index contributed by atoms with van der Waals surface area (Å²) in [6.07, 6.45) is 5.20. The number of rotatable bonds is 3. The minimum atomic E-state index is 0.158. The van der Waals surface area contributed by atoms with Crippen LogP contribution in [0, 0.1) is 5.92 Å². The molecule has 1 aliphatic heterocycles. The first-order chi connectivity index (χ1) is 9.15. The molecule has 1 aromatic carbocycles. The van der Waals surface area contributed by atoms with E-state index in [9.17, 15) is 4.79 Å². The number of fused-ring (bicyclic) bond motifs is 1. The average molecular weight is 278 g/mol. The number of hydrogen-bond donors (Lipinski definition) is 0. The molecule has 1 unspecified atom stereocenters. The van der Waals surface area contributed by atoms with Gasteiger partial charge in [-0.15, -0.1) is 11.6 Å². The molecule has 3 heteroatoms. The Bertz CT molecular complexity index is 494. The lowest BCUT2D eigenvalue weighted by atomic mass is 9.97. The Kier molecular flexibility index (Phi) is 3.53. The van der Waals surface area contributed by atoms with Gasteiger partial charge in [0.2, 0.25) is 5.91 Å². The highest BCUT2D eigenvalue weighted by Crippen LogP contribution is 2.36. The van der Waals surface area contributed by atoms with Gasteiger partial charge in [0, 0.05) is 23.5 Å². The number of anilines is 1. The number of nitrogens with zero attached hydrogens (tertiary/aromatic N) is 1. The average Bonchev–Trinajstić information content (AvgIpc) is 3.20. The van der Waals surface area contributed by atoms with Crippen LogP contribution in [0.2, 0.25) is 0 Å². The molecule has 0 N–H and O–H groups in total. The monoisotopic (exact) mass is 277 g/mol. The van der Waals surface area contributed by atoms with Gasteiger partial charge in [0.1, 0.15) is 0 Å². The highest BCUT2D eigenvalue weighted by atomic mass is 35.5. The molecule has 102 valence electrons. The van der Waals surface area contributed by atoms with Crippen molar-refractivity contribution in [3.05, 3.63) is 29.3 Å². The summed E-state index contributed by atoms with van der Waals surface area (Å²) < 4.78 is 0. The zero-order valence-corrected chi connectivity index (χ0v) is 12.1. The van der Waals surface area contributed by atoms with E-state index < -0.39 is 0 Å². The summed E-state index contributed by atoms with van der Waals surface area (Å²) in [5.74, 6) is 0.632. The van der Waals surface area contributed by atoms with E-state index in [0.717, 1.165) is 44.3 Å². The minimum Gasteiger partial charge on any atom is -0.312 e. The third-order valence-electron chi connectivity index (χ3n) is 3.97. The third kappa shape index (κ3) is 2.79. The van der Waals surface area contributed by atoms with Gasteiger partial charge >= 0.3 is 0 Å². The Morgan fingerprint density at radius 1 is 1.47 bits per heavy atom. The van der Waals surface area contributed by atoms with E-state index in [1.165, 1.54) is 11.1 Å². The van der Waals surface area contributed by atoms with Crippen molar-refractivity contribution in [2.45, 2.75) is 44.4 Å². The van der Waals surface area contributed by atoms with E-state index in [4.69, 9.17) is 11.6 Å². The smallest absolute Gasteiger partial charge is 0.230 e. The lowest BCUT2D eigenvalue weighted by molar-refractivity contribution is -0.119. The second-order valence-electron chi connectivity index (χ2n) is 5.82. The Balaban J connectivity index is 1.85. The predicted octanol–water partition coefficient (Wildman–Crippen LogP) is 3.55. The molecule has 0 radical (unpaired) electrons. The fourth-order valence-electron chi connectivity index (χ4n) is 2.88. The van der Waals surface area contributed by atoms with Crippen LogP contribution in [0.5, 0.6) is 0 Å². The first kappa shape index (κ1) is 13.0. The van der Waals surface area contributed by atoms with Gasteiger partial charge in [-0.1, -0.05) is 12.1 Å². The summed E-state index contributed by atoms with van der Waals surface area (Å²) >= 11 is 6.06. The highest BCUT2D eigenvalue weighted by molar-refractivity contribution is 6.20. The van der Waals surface area contributed by atoms with Gasteiger partial charge in [-0.3, -0.25) is 4.79 Å². The number of benzene rings is 1. The van der Waals surface area contributed by atoms with E-state index in [0.29, 0.717) is 11.8 Å². The molecule has 2 aliphatic rings. The molecule has 0 saturated heterocycles. The summed E-state index contributed by atoms with van der Waals surface area (Å²) in [6.45, 7) is 2.90. The number of carbonyl (C=O) groups excluding carboxylic acids is 1. The van der Waals surface area contributed by atoms with Crippen molar-refractivity contribution >= 4 is 23.2 Å². The second-order valence-corrected chi connectivity index (χ2v) is 6.56. The van der Waals surface area contributed by atoms with Gasteiger partial charge in [0.15, 0.2) is 0 Å². The van der Waals surface area contributed by atoms with Crippen LogP contribution >= 0.6 is 11.6 Å². The Hall–Kier alpha value is -1.02. The van der Waals surface area contributed by atoms with E-state index in [-0.39, 0.29) is 5.38 Å². The number of amides is 1. The van der Waals surface area contributed by atoms with Crippen LogP contribution in [0.25, 0.3) is 0 Å². The molecule has 1 amide bonds. The quantitative estimate of drug-likeness (QED) is 0.774. The molecule has 0 aromatic heterocycles. The van der Waals surface area contributed by atoms with E-state index in [1.807, 2.05) is 11.8 Å². The summed E-state index contributed by atoms with van der Waals surface area (Å²) in [4.78, 5) is 14.3. The normalized spacial score (nSPS) is 20.0. The SMILES string of the molecule is CC(Cl)Cc1ccc2c(c1)CCCN2C(=O)C1CC1. The van der Waals surface area contributed by atoms with Gasteiger partial charge < -0.3 is 4.90 Å². The van der Waals surface area contributed by atoms with Crippen LogP contribution in [-0.2, 0) is 17.6 Å². The van der Waals surface area contributed by atoms with Crippen molar-refractivity contribution in [1.82, 2.24) is 0 Å². The van der Waals surface area contributed by atoms with Gasteiger partial charge in [-0.25, -0.2) is 0 Å². The van der Waals surface area contributed by atoms with Crippen LogP contribution in [0.3, 0.4) is 0 Å². The van der Waals surface area contributed by atoms with E-state index in [2.05, 4.69) is 18.2 Å². The Labute approximate surface area is 119 Å². The molecule has 0 spiro atoms. The maximum absolute atomic E-state index is 12.3. The zero-order chi connectivity index (χ0) is 13.4. The molecule has 1 aromatic rings. The van der Waals surface area contributed by atoms with Crippen molar-refractivity contribution in [3.8, 4) is 0 Å². The van der Waals surface area contributed by atoms with Crippen molar-refractivity contribution in [2.24, 2.45) is 5.92 Å². The lowest BCUT2D eigenvalue weighted by Gasteiger charge is -2.30. The maximum Gasteiger partial charge on any atom is 0.230 e. The van der Waals surface area contributed by atoms with E-state index in [1.54, 1.807) is 0 Å². The highest BCUT2D eigenvalue weighted by Gasteiger charge is 2.35. The second kappa shape index (κ2) is 5.16. The molecule has 1 aliphatic carbocycles. The van der Waals surface area contributed by atoms with Crippen LogP contribution in [-0.4, -0.2) is 17.8 Å². The molecule has 19 heavy (non-hydrogen) atoms. The van der Waals surface area contributed by atoms with Gasteiger partial charge in [-0.05, 0) is 56.2 Å². The van der Waals surface area contributed by atoms with Crippen LogP contribution < -0.4 is 4.90 Å². The zero-order valence-electron chi connectivity index (χ0n) is 11.4. The fraction of sp³-hybridized carbons (Fsp3) is 0.562. The number of carbonyl (C=O) groups is 1. The number of alkyl halides is 1. The number of aryl methyl sites for hydroxylation is 1. The van der Waals surface area contributed by atoms with Crippen LogP contribution in [0.15, 0.2) is 18.2 Å². The summed E-state index contributed by atoms with van der Waals surface area (Å²) in [7, 11) is 0. The largest absolute Gasteiger partial charge is 0.312 e. The van der Waals surface area contributed by atoms with Crippen molar-refractivity contribution in [3.63, 3.8) is 0 Å². The fourth-order valence-corrected chi connectivity index (χ4v) is 3.06. The standard InChI is InChI=1S/C16H20ClNO/c1-11(17)9-12-4-7-15-14(10-12)3-2-8-18(15)16(19)13-5-6-13/h4,7,10-11,13H,2-3,5-6,8-9H2,1H3. The van der Waals surface area contributed by atoms with Crippen LogP contribution in [0.4, 0.5) is 5.69 Å². The molecule has 0 bridgehead atoms.